The van der Waals surface area contributed by atoms with Crippen LogP contribution in [0, 0.1) is 5.92 Å². The van der Waals surface area contributed by atoms with Crippen molar-refractivity contribution in [1.29, 1.82) is 0 Å². The Hall–Kier alpha value is -3.94. The third kappa shape index (κ3) is 5.33. The van der Waals surface area contributed by atoms with Crippen molar-refractivity contribution >= 4 is 40.8 Å². The van der Waals surface area contributed by atoms with E-state index in [-0.39, 0.29) is 30.2 Å². The van der Waals surface area contributed by atoms with Gasteiger partial charge in [-0.15, -0.1) is 0 Å². The highest BCUT2D eigenvalue weighted by Gasteiger charge is 2.25. The molecule has 1 fully saturated rings. The van der Waals surface area contributed by atoms with Crippen LogP contribution >= 0.6 is 0 Å². The molecule has 0 bridgehead atoms. The molecule has 1 saturated heterocycles. The lowest BCUT2D eigenvalue weighted by atomic mass is 10.1. The lowest BCUT2D eigenvalue weighted by Gasteiger charge is -2.35. The molecule has 34 heavy (non-hydrogen) atoms. The molecule has 2 N–H and O–H groups in total. The number of hydrogen-bond acceptors (Lipinski definition) is 4. The minimum Gasteiger partial charge on any atom is -0.347 e. The van der Waals surface area contributed by atoms with E-state index in [1.165, 1.54) is 0 Å². The van der Waals surface area contributed by atoms with Crippen LogP contribution in [0.15, 0.2) is 48.5 Å². The van der Waals surface area contributed by atoms with E-state index in [1.54, 1.807) is 23.6 Å². The summed E-state index contributed by atoms with van der Waals surface area (Å²) in [6, 6.07) is 15.4. The molecule has 8 heteroatoms. The van der Waals surface area contributed by atoms with Gasteiger partial charge in [-0.25, -0.2) is 0 Å². The molecule has 0 unspecified atom stereocenters. The molecule has 8 nitrogen and oxygen atoms in total. The van der Waals surface area contributed by atoms with E-state index in [1.807, 2.05) is 60.7 Å². The van der Waals surface area contributed by atoms with E-state index in [4.69, 9.17) is 0 Å². The first-order valence-corrected chi connectivity index (χ1v) is 11.5. The fraction of sp³-hybridized carbons (Fsp3) is 0.308. The van der Waals surface area contributed by atoms with E-state index in [0.29, 0.717) is 31.7 Å². The molecule has 3 aromatic rings. The van der Waals surface area contributed by atoms with Crippen LogP contribution in [0.2, 0.25) is 0 Å². The Bertz CT molecular complexity index is 1200. The minimum absolute atomic E-state index is 0.00594. The zero-order valence-corrected chi connectivity index (χ0v) is 19.5. The standard InChI is InChI=1S/C26H29N5O3/c1-18(2)25(33)27-17-24(32)30-13-15-31(16-14-30)26(34)20-10-7-19(8-11-20)9-12-23-21-5-3-4-6-22(21)28-29-23/h3-12,18H,13-17H2,1-2H3,(H,27,33)(H,28,29). The second kappa shape index (κ2) is 10.3. The van der Waals surface area contributed by atoms with Crippen molar-refractivity contribution in [3.8, 4) is 0 Å². The summed E-state index contributed by atoms with van der Waals surface area (Å²) in [5.41, 5.74) is 3.45. The molecule has 0 saturated carbocycles. The van der Waals surface area contributed by atoms with Crippen LogP contribution in [-0.4, -0.2) is 70.4 Å². The van der Waals surface area contributed by atoms with Gasteiger partial charge in [-0.05, 0) is 29.8 Å². The number of H-pyrrole nitrogens is 1. The van der Waals surface area contributed by atoms with E-state index in [0.717, 1.165) is 22.2 Å². The zero-order chi connectivity index (χ0) is 24.1. The number of fused-ring (bicyclic) bond motifs is 1. The Morgan fingerprint density at radius 2 is 1.65 bits per heavy atom. The van der Waals surface area contributed by atoms with Crippen LogP contribution in [0.5, 0.6) is 0 Å². The number of aromatic nitrogens is 2. The average molecular weight is 460 g/mol. The van der Waals surface area contributed by atoms with Gasteiger partial charge in [0, 0.05) is 43.0 Å². The monoisotopic (exact) mass is 459 g/mol. The lowest BCUT2D eigenvalue weighted by molar-refractivity contribution is -0.134. The van der Waals surface area contributed by atoms with Crippen LogP contribution in [0.4, 0.5) is 0 Å². The summed E-state index contributed by atoms with van der Waals surface area (Å²) in [6.45, 7) is 5.42. The summed E-state index contributed by atoms with van der Waals surface area (Å²) >= 11 is 0. The summed E-state index contributed by atoms with van der Waals surface area (Å²) in [6.07, 6.45) is 3.93. The molecule has 0 radical (unpaired) electrons. The predicted molar refractivity (Wildman–Crippen MR) is 132 cm³/mol. The molecule has 1 aliphatic rings. The number of piperazine rings is 1. The lowest BCUT2D eigenvalue weighted by Crippen LogP contribution is -2.52. The van der Waals surface area contributed by atoms with Crippen molar-refractivity contribution in [2.24, 2.45) is 5.92 Å². The second-order valence-electron chi connectivity index (χ2n) is 8.66. The predicted octanol–water partition coefficient (Wildman–Crippen LogP) is 2.79. The Morgan fingerprint density at radius 1 is 0.971 bits per heavy atom. The van der Waals surface area contributed by atoms with Gasteiger partial charge >= 0.3 is 0 Å². The number of rotatable bonds is 6. The van der Waals surface area contributed by atoms with Crippen LogP contribution < -0.4 is 5.32 Å². The summed E-state index contributed by atoms with van der Waals surface area (Å²) in [5, 5.41) is 11.1. The van der Waals surface area contributed by atoms with Crippen LogP contribution in [0.3, 0.4) is 0 Å². The van der Waals surface area contributed by atoms with Gasteiger partial charge in [-0.2, -0.15) is 5.10 Å². The highest BCUT2D eigenvalue weighted by atomic mass is 16.2. The molecule has 4 rings (SSSR count). The number of aromatic amines is 1. The Kier molecular flexibility index (Phi) is 7.06. The topological polar surface area (TPSA) is 98.4 Å². The van der Waals surface area contributed by atoms with Crippen molar-refractivity contribution in [2.75, 3.05) is 32.7 Å². The molecule has 176 valence electrons. The molecule has 2 heterocycles. The Labute approximate surface area is 198 Å². The molecule has 0 spiro atoms. The summed E-state index contributed by atoms with van der Waals surface area (Å²) in [5.74, 6) is -0.469. The number of amides is 3. The fourth-order valence-electron chi connectivity index (χ4n) is 3.84. The van der Waals surface area contributed by atoms with Gasteiger partial charge in [0.2, 0.25) is 11.8 Å². The highest BCUT2D eigenvalue weighted by molar-refractivity contribution is 5.95. The third-order valence-corrected chi connectivity index (χ3v) is 5.95. The van der Waals surface area contributed by atoms with Crippen molar-refractivity contribution < 1.29 is 14.4 Å². The maximum Gasteiger partial charge on any atom is 0.253 e. The molecule has 0 atom stereocenters. The number of hydrogen-bond donors (Lipinski definition) is 2. The summed E-state index contributed by atoms with van der Waals surface area (Å²) < 4.78 is 0. The van der Waals surface area contributed by atoms with Crippen molar-refractivity contribution in [1.82, 2.24) is 25.3 Å². The third-order valence-electron chi connectivity index (χ3n) is 5.95. The van der Waals surface area contributed by atoms with E-state index in [2.05, 4.69) is 15.5 Å². The maximum absolute atomic E-state index is 12.9. The SMILES string of the molecule is CC(C)C(=O)NCC(=O)N1CCN(C(=O)c2ccc(C=Cc3n[nH]c4ccccc34)cc2)CC1. The van der Waals surface area contributed by atoms with E-state index in [9.17, 15) is 14.4 Å². The number of nitrogens with one attached hydrogen (secondary N) is 2. The quantitative estimate of drug-likeness (QED) is 0.592. The minimum atomic E-state index is -0.158. The van der Waals surface area contributed by atoms with Crippen molar-refractivity contribution in [2.45, 2.75) is 13.8 Å². The van der Waals surface area contributed by atoms with Gasteiger partial charge in [0.1, 0.15) is 0 Å². The molecular formula is C26H29N5O3. The van der Waals surface area contributed by atoms with E-state index < -0.39 is 0 Å². The normalized spacial score (nSPS) is 14.2. The molecular weight excluding hydrogens is 430 g/mol. The Balaban J connectivity index is 1.30. The largest absolute Gasteiger partial charge is 0.347 e. The van der Waals surface area contributed by atoms with Gasteiger partial charge in [0.15, 0.2) is 0 Å². The van der Waals surface area contributed by atoms with Crippen LogP contribution in [-0.2, 0) is 9.59 Å². The van der Waals surface area contributed by atoms with Gasteiger partial charge in [-0.3, -0.25) is 19.5 Å². The average Bonchev–Trinajstić information content (AvgIpc) is 3.29. The number of carbonyl (C=O) groups excluding carboxylic acids is 3. The van der Waals surface area contributed by atoms with Crippen molar-refractivity contribution in [3.63, 3.8) is 0 Å². The van der Waals surface area contributed by atoms with Gasteiger partial charge in [-0.1, -0.05) is 50.3 Å². The Morgan fingerprint density at radius 3 is 2.35 bits per heavy atom. The number of benzene rings is 2. The number of carbonyl (C=O) groups is 3. The molecule has 0 aliphatic carbocycles. The molecule has 1 aromatic heterocycles. The first-order valence-electron chi connectivity index (χ1n) is 11.5. The highest BCUT2D eigenvalue weighted by Crippen LogP contribution is 2.18. The molecule has 2 aromatic carbocycles. The first-order chi connectivity index (χ1) is 16.4. The van der Waals surface area contributed by atoms with Crippen molar-refractivity contribution in [3.05, 3.63) is 65.4 Å². The molecule has 3 amide bonds. The van der Waals surface area contributed by atoms with Gasteiger partial charge < -0.3 is 15.1 Å². The fourth-order valence-corrected chi connectivity index (χ4v) is 3.84. The van der Waals surface area contributed by atoms with Gasteiger partial charge in [0.25, 0.3) is 5.91 Å². The zero-order valence-electron chi connectivity index (χ0n) is 19.5. The first kappa shape index (κ1) is 23.2. The van der Waals surface area contributed by atoms with E-state index >= 15 is 0 Å². The number of nitrogens with zero attached hydrogens (tertiary/aromatic N) is 3. The number of para-hydroxylation sites is 1. The van der Waals surface area contributed by atoms with Gasteiger partial charge in [0.05, 0.1) is 17.8 Å². The summed E-state index contributed by atoms with van der Waals surface area (Å²) in [7, 11) is 0. The molecule has 1 aliphatic heterocycles. The second-order valence-corrected chi connectivity index (χ2v) is 8.66. The van der Waals surface area contributed by atoms with Crippen LogP contribution in [0.25, 0.3) is 23.1 Å². The maximum atomic E-state index is 12.9. The van der Waals surface area contributed by atoms with Crippen LogP contribution in [0.1, 0.15) is 35.5 Å². The summed E-state index contributed by atoms with van der Waals surface area (Å²) in [4.78, 5) is 40.3. The smallest absolute Gasteiger partial charge is 0.253 e.